The summed E-state index contributed by atoms with van der Waals surface area (Å²) in [5.41, 5.74) is 2.92. The summed E-state index contributed by atoms with van der Waals surface area (Å²) in [6.07, 6.45) is 1.34. The second kappa shape index (κ2) is 9.84. The van der Waals surface area contributed by atoms with Crippen LogP contribution in [0.4, 0.5) is 4.79 Å². The SMILES string of the molecule is Cc1cc(C2(NC(=O)c3cc(OCC(C)NC(=O)OC(C)(C)C)ccc3C)CC2)c2ccccc2c1. The van der Waals surface area contributed by atoms with Crippen LogP contribution in [0.2, 0.25) is 0 Å². The highest BCUT2D eigenvalue weighted by molar-refractivity contribution is 5.97. The molecule has 2 N–H and O–H groups in total. The van der Waals surface area contributed by atoms with Gasteiger partial charge in [-0.25, -0.2) is 4.79 Å². The van der Waals surface area contributed by atoms with Gasteiger partial charge in [-0.1, -0.05) is 48.0 Å². The lowest BCUT2D eigenvalue weighted by atomic mass is 9.94. The predicted octanol–water partition coefficient (Wildman–Crippen LogP) is 6.17. The Balaban J connectivity index is 1.45. The fourth-order valence-electron chi connectivity index (χ4n) is 4.43. The van der Waals surface area contributed by atoms with Crippen LogP contribution in [-0.2, 0) is 10.3 Å². The van der Waals surface area contributed by atoms with Crippen molar-refractivity contribution in [2.24, 2.45) is 0 Å². The third-order valence-electron chi connectivity index (χ3n) is 6.34. The molecule has 6 heteroatoms. The normalized spacial score (nSPS) is 15.2. The van der Waals surface area contributed by atoms with Gasteiger partial charge in [0.25, 0.3) is 5.91 Å². The van der Waals surface area contributed by atoms with Crippen LogP contribution in [0, 0.1) is 13.8 Å². The smallest absolute Gasteiger partial charge is 0.407 e. The van der Waals surface area contributed by atoms with E-state index in [1.807, 2.05) is 58.9 Å². The van der Waals surface area contributed by atoms with Crippen molar-refractivity contribution < 1.29 is 19.1 Å². The van der Waals surface area contributed by atoms with Crippen LogP contribution in [0.1, 0.15) is 67.6 Å². The third-order valence-corrected chi connectivity index (χ3v) is 6.34. The average molecular weight is 489 g/mol. The van der Waals surface area contributed by atoms with Crippen LogP contribution in [0.3, 0.4) is 0 Å². The number of amides is 2. The second-order valence-corrected chi connectivity index (χ2v) is 10.9. The molecule has 0 aromatic heterocycles. The zero-order valence-electron chi connectivity index (χ0n) is 22.0. The highest BCUT2D eigenvalue weighted by Gasteiger charge is 2.47. The number of nitrogens with one attached hydrogen (secondary N) is 2. The first-order valence-electron chi connectivity index (χ1n) is 12.5. The van der Waals surface area contributed by atoms with Gasteiger partial charge in [-0.15, -0.1) is 0 Å². The molecule has 0 aliphatic heterocycles. The van der Waals surface area contributed by atoms with E-state index in [-0.39, 0.29) is 24.1 Å². The fourth-order valence-corrected chi connectivity index (χ4v) is 4.43. The van der Waals surface area contributed by atoms with Crippen LogP contribution in [0.5, 0.6) is 5.75 Å². The largest absolute Gasteiger partial charge is 0.491 e. The number of carbonyl (C=O) groups excluding carboxylic acids is 2. The molecule has 1 unspecified atom stereocenters. The molecule has 4 rings (SSSR count). The first-order chi connectivity index (χ1) is 17.0. The highest BCUT2D eigenvalue weighted by Crippen LogP contribution is 2.48. The highest BCUT2D eigenvalue weighted by atomic mass is 16.6. The molecule has 2 amide bonds. The summed E-state index contributed by atoms with van der Waals surface area (Å²) in [5, 5.41) is 8.47. The van der Waals surface area contributed by atoms with E-state index >= 15 is 0 Å². The van der Waals surface area contributed by atoms with Crippen LogP contribution in [0.15, 0.2) is 54.6 Å². The van der Waals surface area contributed by atoms with E-state index in [9.17, 15) is 9.59 Å². The third kappa shape index (κ3) is 5.99. The predicted molar refractivity (Wildman–Crippen MR) is 143 cm³/mol. The molecule has 6 nitrogen and oxygen atoms in total. The lowest BCUT2D eigenvalue weighted by molar-refractivity contribution is 0.0494. The minimum atomic E-state index is -0.562. The summed E-state index contributed by atoms with van der Waals surface area (Å²) in [6, 6.07) is 17.9. The van der Waals surface area contributed by atoms with E-state index in [1.54, 1.807) is 6.07 Å². The van der Waals surface area contributed by atoms with Gasteiger partial charge in [0.05, 0.1) is 11.6 Å². The van der Waals surface area contributed by atoms with Gasteiger partial charge in [0, 0.05) is 5.56 Å². The molecule has 0 radical (unpaired) electrons. The van der Waals surface area contributed by atoms with Gasteiger partial charge in [-0.2, -0.15) is 0 Å². The Morgan fingerprint density at radius 1 is 1.03 bits per heavy atom. The van der Waals surface area contributed by atoms with Crippen LogP contribution in [0.25, 0.3) is 10.8 Å². The average Bonchev–Trinajstić information content (AvgIpc) is 3.56. The Bertz CT molecular complexity index is 1290. The maximum absolute atomic E-state index is 13.4. The summed E-state index contributed by atoms with van der Waals surface area (Å²) >= 11 is 0. The van der Waals surface area contributed by atoms with Crippen molar-refractivity contribution in [3.63, 3.8) is 0 Å². The molecule has 1 atom stereocenters. The molecule has 1 fully saturated rings. The molecular formula is C30H36N2O4. The Morgan fingerprint density at radius 2 is 1.75 bits per heavy atom. The molecular weight excluding hydrogens is 452 g/mol. The van der Waals surface area contributed by atoms with E-state index in [1.165, 1.54) is 21.9 Å². The van der Waals surface area contributed by atoms with Crippen LogP contribution >= 0.6 is 0 Å². The number of hydrogen-bond donors (Lipinski definition) is 2. The van der Waals surface area contributed by atoms with Crippen molar-refractivity contribution in [3.8, 4) is 5.75 Å². The first-order valence-corrected chi connectivity index (χ1v) is 12.5. The minimum Gasteiger partial charge on any atom is -0.491 e. The molecule has 1 saturated carbocycles. The Kier molecular flexibility index (Phi) is 6.98. The molecule has 1 aliphatic rings. The molecule has 0 spiro atoms. The topological polar surface area (TPSA) is 76.7 Å². The first kappa shape index (κ1) is 25.5. The number of carbonyl (C=O) groups is 2. The molecule has 36 heavy (non-hydrogen) atoms. The number of aryl methyl sites for hydroxylation is 2. The van der Waals surface area contributed by atoms with Gasteiger partial charge in [0.15, 0.2) is 0 Å². The van der Waals surface area contributed by atoms with Crippen molar-refractivity contribution in [2.45, 2.75) is 71.6 Å². The summed E-state index contributed by atoms with van der Waals surface area (Å²) < 4.78 is 11.2. The maximum atomic E-state index is 13.4. The van der Waals surface area contributed by atoms with Crippen LogP contribution < -0.4 is 15.4 Å². The van der Waals surface area contributed by atoms with Crippen molar-refractivity contribution in [1.29, 1.82) is 0 Å². The van der Waals surface area contributed by atoms with Crippen molar-refractivity contribution in [3.05, 3.63) is 76.9 Å². The Hall–Kier alpha value is -3.54. The molecule has 0 saturated heterocycles. The van der Waals surface area contributed by atoms with Gasteiger partial charge in [-0.3, -0.25) is 4.79 Å². The lowest BCUT2D eigenvalue weighted by Gasteiger charge is -2.22. The zero-order valence-corrected chi connectivity index (χ0v) is 22.0. The van der Waals surface area contributed by atoms with Crippen molar-refractivity contribution in [2.75, 3.05) is 6.61 Å². The number of fused-ring (bicyclic) bond motifs is 1. The van der Waals surface area contributed by atoms with Gasteiger partial charge in [0.2, 0.25) is 0 Å². The van der Waals surface area contributed by atoms with E-state index in [0.717, 1.165) is 18.4 Å². The number of rotatable bonds is 7. The maximum Gasteiger partial charge on any atom is 0.407 e. The van der Waals surface area contributed by atoms with Gasteiger partial charge in [0.1, 0.15) is 18.0 Å². The molecule has 0 bridgehead atoms. The Labute approximate surface area is 213 Å². The lowest BCUT2D eigenvalue weighted by Crippen LogP contribution is -2.40. The summed E-state index contributed by atoms with van der Waals surface area (Å²) in [5.74, 6) is 0.468. The van der Waals surface area contributed by atoms with Gasteiger partial charge >= 0.3 is 6.09 Å². The zero-order chi connectivity index (χ0) is 26.1. The number of ether oxygens (including phenoxy) is 2. The fraction of sp³-hybridized carbons (Fsp3) is 0.400. The van der Waals surface area contributed by atoms with Crippen molar-refractivity contribution >= 4 is 22.8 Å². The van der Waals surface area contributed by atoms with E-state index < -0.39 is 11.7 Å². The standard InChI is InChI=1S/C30H36N2O4/c1-19-15-22-9-7-8-10-24(22)26(16-19)30(13-14-30)32-27(33)25-17-23(12-11-20(25)2)35-18-21(3)31-28(34)36-29(4,5)6/h7-12,15-17,21H,13-14,18H2,1-6H3,(H,31,34)(H,32,33). The Morgan fingerprint density at radius 3 is 2.44 bits per heavy atom. The van der Waals surface area contributed by atoms with Gasteiger partial charge < -0.3 is 20.1 Å². The number of hydrogen-bond acceptors (Lipinski definition) is 4. The summed E-state index contributed by atoms with van der Waals surface area (Å²) in [6.45, 7) is 11.6. The van der Waals surface area contributed by atoms with E-state index in [4.69, 9.17) is 9.47 Å². The quantitative estimate of drug-likeness (QED) is 0.417. The van der Waals surface area contributed by atoms with E-state index in [0.29, 0.717) is 11.3 Å². The molecule has 190 valence electrons. The van der Waals surface area contributed by atoms with E-state index in [2.05, 4.69) is 41.8 Å². The molecule has 3 aromatic carbocycles. The number of alkyl carbamates (subject to hydrolysis) is 1. The van der Waals surface area contributed by atoms with Crippen molar-refractivity contribution in [1.82, 2.24) is 10.6 Å². The second-order valence-electron chi connectivity index (χ2n) is 10.9. The number of benzene rings is 3. The van der Waals surface area contributed by atoms with Gasteiger partial charge in [-0.05, 0) is 88.4 Å². The summed E-state index contributed by atoms with van der Waals surface area (Å²) in [7, 11) is 0. The molecule has 1 aliphatic carbocycles. The van der Waals surface area contributed by atoms with Crippen LogP contribution in [-0.4, -0.2) is 30.3 Å². The molecule has 3 aromatic rings. The minimum absolute atomic E-state index is 0.110. The summed E-state index contributed by atoms with van der Waals surface area (Å²) in [4.78, 5) is 25.4. The molecule has 0 heterocycles. The monoisotopic (exact) mass is 488 g/mol.